The summed E-state index contributed by atoms with van der Waals surface area (Å²) in [7, 11) is 1.66. The van der Waals surface area contributed by atoms with E-state index in [1.54, 1.807) is 23.3 Å². The van der Waals surface area contributed by atoms with Gasteiger partial charge in [-0.3, -0.25) is 9.69 Å². The van der Waals surface area contributed by atoms with Gasteiger partial charge in [-0.25, -0.2) is 0 Å². The molecule has 1 aliphatic heterocycles. The number of carbonyl (C=O) groups excluding carboxylic acids is 1. The van der Waals surface area contributed by atoms with Crippen LogP contribution in [-0.2, 0) is 9.53 Å². The molecule has 2 rings (SSSR count). The molecule has 1 aliphatic rings. The molecule has 1 aromatic rings. The number of carbonyl (C=O) groups is 1. The molecule has 0 aliphatic carbocycles. The van der Waals surface area contributed by atoms with Crippen LogP contribution in [0.1, 0.15) is 16.9 Å². The maximum Gasteiger partial charge on any atom is 0.266 e. The van der Waals surface area contributed by atoms with Gasteiger partial charge < -0.3 is 4.74 Å². The van der Waals surface area contributed by atoms with Crippen LogP contribution in [0.4, 0.5) is 0 Å². The second-order valence-electron chi connectivity index (χ2n) is 4.15. The lowest BCUT2D eigenvalue weighted by Crippen LogP contribution is -2.29. The maximum absolute atomic E-state index is 12.3. The number of amides is 1. The molecule has 2 heterocycles. The van der Waals surface area contributed by atoms with Crippen LogP contribution < -0.4 is 0 Å². The number of thiophene rings is 1. The van der Waals surface area contributed by atoms with Crippen LogP contribution in [0.15, 0.2) is 16.4 Å². The lowest BCUT2D eigenvalue weighted by molar-refractivity contribution is -0.122. The van der Waals surface area contributed by atoms with Gasteiger partial charge in [0.1, 0.15) is 4.32 Å². The zero-order chi connectivity index (χ0) is 13.8. The fourth-order valence-electron chi connectivity index (χ4n) is 1.71. The number of hydrogen-bond acceptors (Lipinski definition) is 5. The monoisotopic (exact) mass is 313 g/mol. The van der Waals surface area contributed by atoms with E-state index in [9.17, 15) is 4.79 Å². The number of hydrogen-bond donors (Lipinski definition) is 0. The normalized spacial score (nSPS) is 17.8. The first-order chi connectivity index (χ1) is 9.13. The summed E-state index contributed by atoms with van der Waals surface area (Å²) in [5, 5.41) is 2.03. The first-order valence-corrected chi connectivity index (χ1v) is 8.02. The minimum atomic E-state index is 0.0129. The zero-order valence-corrected chi connectivity index (χ0v) is 13.3. The standard InChI is InChI=1S/C13H15NO2S3/c1-9-4-7-18-10(9)8-11-12(15)14(13(17)19-11)5-3-6-16-2/h4,7-8H,3,5-6H2,1-2H3/b11-8-. The molecule has 1 aromatic heterocycles. The van der Waals surface area contributed by atoms with E-state index in [1.165, 1.54) is 17.3 Å². The lowest BCUT2D eigenvalue weighted by atomic mass is 10.2. The average molecular weight is 313 g/mol. The highest BCUT2D eigenvalue weighted by Gasteiger charge is 2.31. The van der Waals surface area contributed by atoms with E-state index in [0.29, 0.717) is 22.4 Å². The molecule has 1 amide bonds. The van der Waals surface area contributed by atoms with Crippen molar-refractivity contribution in [2.45, 2.75) is 13.3 Å². The summed E-state index contributed by atoms with van der Waals surface area (Å²) in [6.07, 6.45) is 2.74. The van der Waals surface area contributed by atoms with Crippen LogP contribution in [0.5, 0.6) is 0 Å². The molecule has 0 spiro atoms. The summed E-state index contributed by atoms with van der Waals surface area (Å²) in [5.41, 5.74) is 1.19. The van der Waals surface area contributed by atoms with Gasteiger partial charge in [-0.05, 0) is 36.4 Å². The molecule has 19 heavy (non-hydrogen) atoms. The molecule has 0 radical (unpaired) electrons. The van der Waals surface area contributed by atoms with Crippen LogP contribution in [0.25, 0.3) is 6.08 Å². The smallest absolute Gasteiger partial charge is 0.266 e. The van der Waals surface area contributed by atoms with Crippen molar-refractivity contribution in [3.8, 4) is 0 Å². The van der Waals surface area contributed by atoms with Gasteiger partial charge in [-0.1, -0.05) is 24.0 Å². The van der Waals surface area contributed by atoms with Gasteiger partial charge in [0, 0.05) is 25.1 Å². The van der Waals surface area contributed by atoms with E-state index in [1.807, 2.05) is 18.4 Å². The topological polar surface area (TPSA) is 29.5 Å². The summed E-state index contributed by atoms with van der Waals surface area (Å²) in [4.78, 5) is 15.8. The number of thiocarbonyl (C=S) groups is 1. The Kier molecular flexibility index (Phi) is 5.15. The molecule has 3 nitrogen and oxygen atoms in total. The first-order valence-electron chi connectivity index (χ1n) is 5.92. The molecule has 1 saturated heterocycles. The Hall–Kier alpha value is -0.690. The van der Waals surface area contributed by atoms with Crippen LogP contribution in [0.3, 0.4) is 0 Å². The third-order valence-corrected chi connectivity index (χ3v) is 5.11. The highest BCUT2D eigenvalue weighted by atomic mass is 32.2. The molecule has 0 atom stereocenters. The molecule has 1 fully saturated rings. The molecule has 0 aromatic carbocycles. The van der Waals surface area contributed by atoms with Gasteiger partial charge >= 0.3 is 0 Å². The van der Waals surface area contributed by atoms with Crippen molar-refractivity contribution in [2.24, 2.45) is 0 Å². The fraction of sp³-hybridized carbons (Fsp3) is 0.385. The van der Waals surface area contributed by atoms with Crippen LogP contribution in [0, 0.1) is 6.92 Å². The van der Waals surface area contributed by atoms with Crippen molar-refractivity contribution in [3.05, 3.63) is 26.8 Å². The van der Waals surface area contributed by atoms with Crippen LogP contribution in [-0.4, -0.2) is 35.4 Å². The van der Waals surface area contributed by atoms with E-state index in [2.05, 4.69) is 6.07 Å². The van der Waals surface area contributed by atoms with Crippen molar-refractivity contribution in [1.82, 2.24) is 4.90 Å². The maximum atomic E-state index is 12.3. The number of aryl methyl sites for hydroxylation is 1. The minimum Gasteiger partial charge on any atom is -0.385 e. The third kappa shape index (κ3) is 3.45. The van der Waals surface area contributed by atoms with E-state index in [4.69, 9.17) is 17.0 Å². The molecule has 0 unspecified atom stereocenters. The summed E-state index contributed by atoms with van der Waals surface area (Å²) in [6.45, 7) is 3.31. The molecule has 0 N–H and O–H groups in total. The Morgan fingerprint density at radius 2 is 2.32 bits per heavy atom. The Morgan fingerprint density at radius 3 is 2.95 bits per heavy atom. The number of nitrogens with zero attached hydrogens (tertiary/aromatic N) is 1. The number of methoxy groups -OCH3 is 1. The minimum absolute atomic E-state index is 0.0129. The van der Waals surface area contributed by atoms with Crippen molar-refractivity contribution in [1.29, 1.82) is 0 Å². The van der Waals surface area contributed by atoms with Crippen molar-refractivity contribution in [3.63, 3.8) is 0 Å². The summed E-state index contributed by atoms with van der Waals surface area (Å²) < 4.78 is 5.64. The Labute approximate surface area is 126 Å². The summed E-state index contributed by atoms with van der Waals surface area (Å²) >= 11 is 8.28. The molecule has 6 heteroatoms. The van der Waals surface area contributed by atoms with Gasteiger partial charge in [0.05, 0.1) is 4.91 Å². The second kappa shape index (κ2) is 6.65. The van der Waals surface area contributed by atoms with Gasteiger partial charge in [-0.15, -0.1) is 11.3 Å². The third-order valence-electron chi connectivity index (χ3n) is 2.77. The second-order valence-corrected chi connectivity index (χ2v) is 6.77. The predicted molar refractivity (Wildman–Crippen MR) is 85.4 cm³/mol. The first kappa shape index (κ1) is 14.7. The Morgan fingerprint density at radius 1 is 1.53 bits per heavy atom. The van der Waals surface area contributed by atoms with E-state index < -0.39 is 0 Å². The predicted octanol–water partition coefficient (Wildman–Crippen LogP) is 3.29. The Balaban J connectivity index is 2.09. The highest BCUT2D eigenvalue weighted by molar-refractivity contribution is 8.26. The highest BCUT2D eigenvalue weighted by Crippen LogP contribution is 2.34. The quantitative estimate of drug-likeness (QED) is 0.474. The number of thioether (sulfide) groups is 1. The zero-order valence-electron chi connectivity index (χ0n) is 10.8. The van der Waals surface area contributed by atoms with E-state index in [-0.39, 0.29) is 5.91 Å². The van der Waals surface area contributed by atoms with Gasteiger partial charge in [0.2, 0.25) is 0 Å². The molecular formula is C13H15NO2S3. The Bertz CT molecular complexity index is 522. The van der Waals surface area contributed by atoms with E-state index >= 15 is 0 Å². The molecular weight excluding hydrogens is 298 g/mol. The van der Waals surface area contributed by atoms with Crippen molar-refractivity contribution in [2.75, 3.05) is 20.3 Å². The summed E-state index contributed by atoms with van der Waals surface area (Å²) in [5.74, 6) is 0.0129. The van der Waals surface area contributed by atoms with Crippen molar-refractivity contribution < 1.29 is 9.53 Å². The average Bonchev–Trinajstić information content (AvgIpc) is 2.89. The van der Waals surface area contributed by atoms with Crippen LogP contribution in [0.2, 0.25) is 0 Å². The summed E-state index contributed by atoms with van der Waals surface area (Å²) in [6, 6.07) is 2.05. The van der Waals surface area contributed by atoms with Crippen LogP contribution >= 0.6 is 35.3 Å². The van der Waals surface area contributed by atoms with Crippen molar-refractivity contribution >= 4 is 51.6 Å². The van der Waals surface area contributed by atoms with E-state index in [0.717, 1.165) is 11.3 Å². The lowest BCUT2D eigenvalue weighted by Gasteiger charge is -2.13. The van der Waals surface area contributed by atoms with Gasteiger partial charge in [0.15, 0.2) is 0 Å². The van der Waals surface area contributed by atoms with Gasteiger partial charge in [-0.2, -0.15) is 0 Å². The molecule has 0 saturated carbocycles. The number of rotatable bonds is 5. The SMILES string of the molecule is COCCCN1C(=O)/C(=C/c2sccc2C)SC1=S. The fourth-order valence-corrected chi connectivity index (χ4v) is 3.93. The largest absolute Gasteiger partial charge is 0.385 e. The molecule has 102 valence electrons. The molecule has 0 bridgehead atoms. The van der Waals surface area contributed by atoms with Gasteiger partial charge in [0.25, 0.3) is 5.91 Å². The number of ether oxygens (including phenoxy) is 1.